The first-order valence-corrected chi connectivity index (χ1v) is 8.64. The number of piperidine rings is 1. The standard InChI is InChI=1S/C17H23N5O2/c1-12-19-16(20-24-12)17(8-13-4-5-13)6-3-7-22(11-17)15(23)14-9-18-21(2)10-14/h9-10,13H,3-8,11H2,1-2H3. The second-order valence-corrected chi connectivity index (χ2v) is 7.30. The molecule has 2 aromatic rings. The molecule has 4 rings (SSSR count). The summed E-state index contributed by atoms with van der Waals surface area (Å²) in [6, 6.07) is 0. The van der Waals surface area contributed by atoms with Crippen LogP contribution in [-0.2, 0) is 12.5 Å². The van der Waals surface area contributed by atoms with E-state index < -0.39 is 0 Å². The van der Waals surface area contributed by atoms with Gasteiger partial charge in [0.05, 0.1) is 17.2 Å². The molecule has 24 heavy (non-hydrogen) atoms. The minimum atomic E-state index is -0.172. The highest BCUT2D eigenvalue weighted by Crippen LogP contribution is 2.45. The summed E-state index contributed by atoms with van der Waals surface area (Å²) in [5.74, 6) is 2.15. The van der Waals surface area contributed by atoms with Crippen LogP contribution in [-0.4, -0.2) is 43.8 Å². The Hall–Kier alpha value is -2.18. The van der Waals surface area contributed by atoms with Gasteiger partial charge < -0.3 is 9.42 Å². The van der Waals surface area contributed by atoms with Gasteiger partial charge in [0.15, 0.2) is 5.82 Å². The third-order valence-corrected chi connectivity index (χ3v) is 5.19. The van der Waals surface area contributed by atoms with Gasteiger partial charge in [0.2, 0.25) is 5.89 Å². The number of hydrogen-bond acceptors (Lipinski definition) is 5. The van der Waals surface area contributed by atoms with Gasteiger partial charge in [0, 0.05) is 33.3 Å². The fourth-order valence-electron chi connectivity index (χ4n) is 3.85. The topological polar surface area (TPSA) is 77.1 Å². The molecule has 2 aromatic heterocycles. The van der Waals surface area contributed by atoms with Gasteiger partial charge in [-0.2, -0.15) is 10.1 Å². The van der Waals surface area contributed by atoms with E-state index >= 15 is 0 Å². The maximum Gasteiger partial charge on any atom is 0.257 e. The average molecular weight is 329 g/mol. The first-order valence-electron chi connectivity index (χ1n) is 8.64. The van der Waals surface area contributed by atoms with Gasteiger partial charge in [-0.15, -0.1) is 0 Å². The molecule has 2 aliphatic rings. The number of carbonyl (C=O) groups is 1. The van der Waals surface area contributed by atoms with E-state index in [1.165, 1.54) is 12.8 Å². The van der Waals surface area contributed by atoms with E-state index in [1.807, 2.05) is 18.9 Å². The molecule has 1 aliphatic carbocycles. The number of aryl methyl sites for hydroxylation is 2. The molecule has 0 N–H and O–H groups in total. The largest absolute Gasteiger partial charge is 0.340 e. The summed E-state index contributed by atoms with van der Waals surface area (Å²) in [7, 11) is 1.83. The summed E-state index contributed by atoms with van der Waals surface area (Å²) in [4.78, 5) is 19.3. The van der Waals surface area contributed by atoms with Crippen LogP contribution in [0.2, 0.25) is 0 Å². The Labute approximate surface area is 141 Å². The Bertz CT molecular complexity index is 748. The molecule has 3 heterocycles. The van der Waals surface area contributed by atoms with E-state index in [2.05, 4.69) is 15.2 Å². The molecule has 0 radical (unpaired) electrons. The Morgan fingerprint density at radius 3 is 2.92 bits per heavy atom. The maximum atomic E-state index is 12.8. The molecule has 1 saturated heterocycles. The number of aromatic nitrogens is 4. The molecular weight excluding hydrogens is 306 g/mol. The maximum absolute atomic E-state index is 12.8. The van der Waals surface area contributed by atoms with Crippen molar-refractivity contribution in [2.45, 2.75) is 44.4 Å². The molecule has 7 heteroatoms. The predicted octanol–water partition coefficient (Wildman–Crippen LogP) is 2.09. The lowest BCUT2D eigenvalue weighted by molar-refractivity contribution is 0.0607. The van der Waals surface area contributed by atoms with E-state index in [9.17, 15) is 4.79 Å². The van der Waals surface area contributed by atoms with Crippen LogP contribution in [0.15, 0.2) is 16.9 Å². The van der Waals surface area contributed by atoms with Crippen LogP contribution in [0.5, 0.6) is 0 Å². The quantitative estimate of drug-likeness (QED) is 0.858. The normalized spacial score (nSPS) is 24.3. The molecule has 2 fully saturated rings. The zero-order valence-electron chi connectivity index (χ0n) is 14.2. The highest BCUT2D eigenvalue weighted by Gasteiger charge is 2.45. The Balaban J connectivity index is 1.61. The number of rotatable bonds is 4. The van der Waals surface area contributed by atoms with Gasteiger partial charge in [0.25, 0.3) is 5.91 Å². The molecule has 1 atom stereocenters. The Kier molecular flexibility index (Phi) is 3.66. The SMILES string of the molecule is Cc1nc(C2(CC3CC3)CCCN(C(=O)c3cnn(C)c3)C2)no1. The highest BCUT2D eigenvalue weighted by molar-refractivity contribution is 5.93. The van der Waals surface area contributed by atoms with Crippen LogP contribution in [0.1, 0.15) is 54.2 Å². The monoisotopic (exact) mass is 329 g/mol. The molecule has 0 aromatic carbocycles. The average Bonchev–Trinajstić information content (AvgIpc) is 3.08. The highest BCUT2D eigenvalue weighted by atomic mass is 16.5. The zero-order valence-corrected chi connectivity index (χ0v) is 14.2. The summed E-state index contributed by atoms with van der Waals surface area (Å²) in [6.07, 6.45) is 8.98. The lowest BCUT2D eigenvalue weighted by Gasteiger charge is -2.41. The fourth-order valence-corrected chi connectivity index (χ4v) is 3.85. The first-order chi connectivity index (χ1) is 11.6. The lowest BCUT2D eigenvalue weighted by Crippen LogP contribution is -2.49. The van der Waals surface area contributed by atoms with Crippen molar-refractivity contribution in [2.24, 2.45) is 13.0 Å². The van der Waals surface area contributed by atoms with Crippen LogP contribution in [0, 0.1) is 12.8 Å². The lowest BCUT2D eigenvalue weighted by atomic mass is 9.74. The third kappa shape index (κ3) is 2.83. The van der Waals surface area contributed by atoms with Crippen molar-refractivity contribution in [1.29, 1.82) is 0 Å². The second kappa shape index (κ2) is 5.72. The number of likely N-dealkylation sites (tertiary alicyclic amines) is 1. The van der Waals surface area contributed by atoms with E-state index in [-0.39, 0.29) is 11.3 Å². The van der Waals surface area contributed by atoms with E-state index in [1.54, 1.807) is 17.1 Å². The number of carbonyl (C=O) groups excluding carboxylic acids is 1. The summed E-state index contributed by atoms with van der Waals surface area (Å²) < 4.78 is 6.91. The number of nitrogens with zero attached hydrogens (tertiary/aromatic N) is 5. The van der Waals surface area contributed by atoms with Gasteiger partial charge in [0.1, 0.15) is 0 Å². The van der Waals surface area contributed by atoms with Crippen LogP contribution >= 0.6 is 0 Å². The van der Waals surface area contributed by atoms with Crippen molar-refractivity contribution in [1.82, 2.24) is 24.8 Å². The Morgan fingerprint density at radius 2 is 2.29 bits per heavy atom. The van der Waals surface area contributed by atoms with E-state index in [4.69, 9.17) is 4.52 Å². The van der Waals surface area contributed by atoms with Crippen LogP contribution < -0.4 is 0 Å². The van der Waals surface area contributed by atoms with Crippen LogP contribution in [0.25, 0.3) is 0 Å². The summed E-state index contributed by atoms with van der Waals surface area (Å²) >= 11 is 0. The van der Waals surface area contributed by atoms with Gasteiger partial charge >= 0.3 is 0 Å². The van der Waals surface area contributed by atoms with Crippen LogP contribution in [0.3, 0.4) is 0 Å². The third-order valence-electron chi connectivity index (χ3n) is 5.19. The molecule has 7 nitrogen and oxygen atoms in total. The van der Waals surface area contributed by atoms with E-state index in [0.717, 1.165) is 37.5 Å². The Morgan fingerprint density at radius 1 is 1.46 bits per heavy atom. The molecule has 128 valence electrons. The van der Waals surface area contributed by atoms with Gasteiger partial charge in [-0.1, -0.05) is 18.0 Å². The smallest absolute Gasteiger partial charge is 0.257 e. The first kappa shape index (κ1) is 15.4. The van der Waals surface area contributed by atoms with Crippen molar-refractivity contribution in [3.8, 4) is 0 Å². The van der Waals surface area contributed by atoms with Crippen molar-refractivity contribution in [3.05, 3.63) is 29.7 Å². The van der Waals surface area contributed by atoms with Crippen molar-refractivity contribution >= 4 is 5.91 Å². The fraction of sp³-hybridized carbons (Fsp3) is 0.647. The summed E-state index contributed by atoms with van der Waals surface area (Å²) in [6.45, 7) is 3.26. The molecule has 1 aliphatic heterocycles. The minimum absolute atomic E-state index is 0.0446. The molecule has 0 bridgehead atoms. The molecule has 1 unspecified atom stereocenters. The van der Waals surface area contributed by atoms with E-state index in [0.29, 0.717) is 18.0 Å². The predicted molar refractivity (Wildman–Crippen MR) is 86.4 cm³/mol. The number of hydrogen-bond donors (Lipinski definition) is 0. The molecular formula is C17H23N5O2. The van der Waals surface area contributed by atoms with Gasteiger partial charge in [-0.25, -0.2) is 0 Å². The number of amides is 1. The molecule has 0 spiro atoms. The second-order valence-electron chi connectivity index (χ2n) is 7.30. The van der Waals surface area contributed by atoms with Crippen molar-refractivity contribution < 1.29 is 9.32 Å². The summed E-state index contributed by atoms with van der Waals surface area (Å²) in [5.41, 5.74) is 0.471. The van der Waals surface area contributed by atoms with Gasteiger partial charge in [-0.3, -0.25) is 9.48 Å². The minimum Gasteiger partial charge on any atom is -0.340 e. The summed E-state index contributed by atoms with van der Waals surface area (Å²) in [5, 5.41) is 8.34. The van der Waals surface area contributed by atoms with Crippen LogP contribution in [0.4, 0.5) is 0 Å². The van der Waals surface area contributed by atoms with Crippen molar-refractivity contribution in [3.63, 3.8) is 0 Å². The molecule has 1 saturated carbocycles. The molecule has 1 amide bonds. The van der Waals surface area contributed by atoms with Gasteiger partial charge in [-0.05, 0) is 25.2 Å². The van der Waals surface area contributed by atoms with Crippen molar-refractivity contribution in [2.75, 3.05) is 13.1 Å². The zero-order chi connectivity index (χ0) is 16.7.